The minimum atomic E-state index is -0.0942. The summed E-state index contributed by atoms with van der Waals surface area (Å²) in [6.45, 7) is 2.46. The van der Waals surface area contributed by atoms with Gasteiger partial charge in [0.25, 0.3) is 0 Å². The van der Waals surface area contributed by atoms with Gasteiger partial charge in [-0.25, -0.2) is 4.98 Å². The Balaban J connectivity index is 2.09. The summed E-state index contributed by atoms with van der Waals surface area (Å²) in [5, 5.41) is 8.42. The molecule has 2 aromatic rings. The van der Waals surface area contributed by atoms with E-state index < -0.39 is 0 Å². The van der Waals surface area contributed by atoms with Crippen molar-refractivity contribution in [3.63, 3.8) is 0 Å². The van der Waals surface area contributed by atoms with Crippen molar-refractivity contribution in [2.45, 2.75) is 13.3 Å². The van der Waals surface area contributed by atoms with E-state index in [9.17, 15) is 4.79 Å². The van der Waals surface area contributed by atoms with Crippen LogP contribution in [0.15, 0.2) is 29.6 Å². The van der Waals surface area contributed by atoms with Crippen molar-refractivity contribution < 1.29 is 4.79 Å². The Morgan fingerprint density at radius 1 is 1.32 bits per heavy atom. The van der Waals surface area contributed by atoms with E-state index in [1.165, 1.54) is 23.8 Å². The van der Waals surface area contributed by atoms with Gasteiger partial charge in [-0.1, -0.05) is 24.3 Å². The molecule has 100 valence electrons. The smallest absolute Gasteiger partial charge is 0.223 e. The van der Waals surface area contributed by atoms with Gasteiger partial charge >= 0.3 is 0 Å². The lowest BCUT2D eigenvalue weighted by Gasteiger charge is -2.02. The minimum Gasteiger partial charge on any atom is -0.319 e. The minimum absolute atomic E-state index is 0.0942. The molecule has 2 rings (SSSR count). The Morgan fingerprint density at radius 2 is 2.05 bits per heavy atom. The van der Waals surface area contributed by atoms with Crippen LogP contribution >= 0.6 is 11.3 Å². The van der Waals surface area contributed by atoms with Crippen LogP contribution in [0, 0.1) is 0 Å². The molecule has 0 radical (unpaired) electrons. The zero-order valence-corrected chi connectivity index (χ0v) is 11.9. The summed E-state index contributed by atoms with van der Waals surface area (Å²) in [5.74, 6) is -0.0942. The van der Waals surface area contributed by atoms with Gasteiger partial charge in [-0.05, 0) is 25.6 Å². The molecule has 4 nitrogen and oxygen atoms in total. The number of thiazole rings is 1. The maximum absolute atomic E-state index is 11.0. The SMILES string of the molecule is CNCCc1ccc(-c2csc(NC(C)=O)n2)cc1. The second kappa shape index (κ2) is 6.45. The molecule has 0 aliphatic carbocycles. The molecule has 0 aliphatic heterocycles. The first-order chi connectivity index (χ1) is 9.19. The normalized spacial score (nSPS) is 10.4. The molecule has 5 heteroatoms. The first-order valence-electron chi connectivity index (χ1n) is 6.16. The maximum Gasteiger partial charge on any atom is 0.223 e. The van der Waals surface area contributed by atoms with Crippen LogP contribution in [-0.2, 0) is 11.2 Å². The molecule has 2 N–H and O–H groups in total. The molecule has 0 unspecified atom stereocenters. The summed E-state index contributed by atoms with van der Waals surface area (Å²) in [7, 11) is 1.95. The van der Waals surface area contributed by atoms with Crippen molar-refractivity contribution in [3.8, 4) is 11.3 Å². The summed E-state index contributed by atoms with van der Waals surface area (Å²) >= 11 is 1.44. The van der Waals surface area contributed by atoms with Gasteiger partial charge in [0.2, 0.25) is 5.91 Å². The quantitative estimate of drug-likeness (QED) is 0.881. The van der Waals surface area contributed by atoms with Gasteiger partial charge in [-0.3, -0.25) is 4.79 Å². The van der Waals surface area contributed by atoms with Gasteiger partial charge < -0.3 is 10.6 Å². The number of anilines is 1. The molecule has 1 amide bonds. The van der Waals surface area contributed by atoms with Gasteiger partial charge in [-0.15, -0.1) is 11.3 Å². The molecule has 0 spiro atoms. The fourth-order valence-electron chi connectivity index (χ4n) is 1.73. The lowest BCUT2D eigenvalue weighted by atomic mass is 10.1. The number of aromatic nitrogens is 1. The van der Waals surface area contributed by atoms with Crippen molar-refractivity contribution in [2.24, 2.45) is 0 Å². The van der Waals surface area contributed by atoms with E-state index in [1.807, 2.05) is 12.4 Å². The highest BCUT2D eigenvalue weighted by atomic mass is 32.1. The second-order valence-electron chi connectivity index (χ2n) is 4.27. The highest BCUT2D eigenvalue weighted by Gasteiger charge is 2.05. The van der Waals surface area contributed by atoms with E-state index in [4.69, 9.17) is 0 Å². The average Bonchev–Trinajstić information content (AvgIpc) is 2.84. The molecular formula is C14H17N3OS. The predicted molar refractivity (Wildman–Crippen MR) is 79.5 cm³/mol. The Kier molecular flexibility index (Phi) is 4.65. The average molecular weight is 275 g/mol. The summed E-state index contributed by atoms with van der Waals surface area (Å²) in [6.07, 6.45) is 1.02. The molecule has 1 aromatic heterocycles. The van der Waals surface area contributed by atoms with Crippen LogP contribution in [-0.4, -0.2) is 24.5 Å². The monoisotopic (exact) mass is 275 g/mol. The molecule has 0 saturated carbocycles. The molecule has 0 saturated heterocycles. The molecule has 0 atom stereocenters. The van der Waals surface area contributed by atoms with E-state index in [2.05, 4.69) is 39.9 Å². The maximum atomic E-state index is 11.0. The molecule has 0 aliphatic rings. The van der Waals surface area contributed by atoms with E-state index >= 15 is 0 Å². The fraction of sp³-hybridized carbons (Fsp3) is 0.286. The summed E-state index contributed by atoms with van der Waals surface area (Å²) in [5.41, 5.74) is 3.27. The number of carbonyl (C=O) groups excluding carboxylic acids is 1. The third-order valence-corrected chi connectivity index (χ3v) is 3.46. The van der Waals surface area contributed by atoms with Gasteiger partial charge in [-0.2, -0.15) is 0 Å². The number of carbonyl (C=O) groups is 1. The molecule has 1 aromatic carbocycles. The van der Waals surface area contributed by atoms with Gasteiger partial charge in [0, 0.05) is 17.9 Å². The second-order valence-corrected chi connectivity index (χ2v) is 5.13. The highest BCUT2D eigenvalue weighted by Crippen LogP contribution is 2.25. The lowest BCUT2D eigenvalue weighted by Crippen LogP contribution is -2.10. The van der Waals surface area contributed by atoms with Gasteiger partial charge in [0.05, 0.1) is 5.69 Å². The van der Waals surface area contributed by atoms with Crippen LogP contribution in [0.3, 0.4) is 0 Å². The number of rotatable bonds is 5. The Morgan fingerprint density at radius 3 is 2.68 bits per heavy atom. The van der Waals surface area contributed by atoms with Crippen LogP contribution < -0.4 is 10.6 Å². The Bertz CT molecular complexity index is 548. The Hall–Kier alpha value is -1.72. The third-order valence-electron chi connectivity index (χ3n) is 2.70. The van der Waals surface area contributed by atoms with Crippen LogP contribution in [0.4, 0.5) is 5.13 Å². The zero-order valence-electron chi connectivity index (χ0n) is 11.1. The largest absolute Gasteiger partial charge is 0.319 e. The van der Waals surface area contributed by atoms with E-state index in [0.717, 1.165) is 24.2 Å². The molecule has 0 fully saturated rings. The molecule has 1 heterocycles. The predicted octanol–water partition coefficient (Wildman–Crippen LogP) is 2.53. The Labute approximate surface area is 116 Å². The number of nitrogens with zero attached hydrogens (tertiary/aromatic N) is 1. The van der Waals surface area contributed by atoms with Crippen molar-refractivity contribution >= 4 is 22.4 Å². The van der Waals surface area contributed by atoms with Crippen LogP contribution in [0.2, 0.25) is 0 Å². The number of hydrogen-bond donors (Lipinski definition) is 2. The zero-order chi connectivity index (χ0) is 13.7. The van der Waals surface area contributed by atoms with Crippen molar-refractivity contribution in [1.29, 1.82) is 0 Å². The van der Waals surface area contributed by atoms with Crippen molar-refractivity contribution in [3.05, 3.63) is 35.2 Å². The third kappa shape index (κ3) is 3.87. The fourth-order valence-corrected chi connectivity index (χ4v) is 2.49. The summed E-state index contributed by atoms with van der Waals surface area (Å²) in [4.78, 5) is 15.3. The van der Waals surface area contributed by atoms with Crippen LogP contribution in [0.5, 0.6) is 0 Å². The lowest BCUT2D eigenvalue weighted by molar-refractivity contribution is -0.114. The first-order valence-corrected chi connectivity index (χ1v) is 7.04. The van der Waals surface area contributed by atoms with Crippen molar-refractivity contribution in [1.82, 2.24) is 10.3 Å². The highest BCUT2D eigenvalue weighted by molar-refractivity contribution is 7.14. The van der Waals surface area contributed by atoms with Gasteiger partial charge in [0.1, 0.15) is 0 Å². The summed E-state index contributed by atoms with van der Waals surface area (Å²) in [6, 6.07) is 8.36. The molecular weight excluding hydrogens is 258 g/mol. The van der Waals surface area contributed by atoms with Gasteiger partial charge in [0.15, 0.2) is 5.13 Å². The number of hydrogen-bond acceptors (Lipinski definition) is 4. The molecule has 19 heavy (non-hydrogen) atoms. The number of nitrogens with one attached hydrogen (secondary N) is 2. The number of amides is 1. The standard InChI is InChI=1S/C14H17N3OS/c1-10(18)16-14-17-13(9-19-14)12-5-3-11(4-6-12)7-8-15-2/h3-6,9,15H,7-8H2,1-2H3,(H,16,17,18). The summed E-state index contributed by atoms with van der Waals surface area (Å²) < 4.78 is 0. The molecule has 0 bridgehead atoms. The van der Waals surface area contributed by atoms with Crippen LogP contribution in [0.25, 0.3) is 11.3 Å². The number of benzene rings is 1. The van der Waals surface area contributed by atoms with E-state index in [-0.39, 0.29) is 5.91 Å². The van der Waals surface area contributed by atoms with E-state index in [0.29, 0.717) is 5.13 Å². The first kappa shape index (κ1) is 13.7. The van der Waals surface area contributed by atoms with Crippen molar-refractivity contribution in [2.75, 3.05) is 18.9 Å². The van der Waals surface area contributed by atoms with Crippen LogP contribution in [0.1, 0.15) is 12.5 Å². The number of likely N-dealkylation sites (N-methyl/N-ethyl adjacent to an activating group) is 1. The van der Waals surface area contributed by atoms with E-state index in [1.54, 1.807) is 0 Å². The topological polar surface area (TPSA) is 54.0 Å².